The fraction of sp³-hybridized carbons (Fsp3) is 0.417. The summed E-state index contributed by atoms with van der Waals surface area (Å²) in [7, 11) is 0. The van der Waals surface area contributed by atoms with Gasteiger partial charge in [-0.05, 0) is 124 Å². The first kappa shape index (κ1) is 41.9. The van der Waals surface area contributed by atoms with Crippen molar-refractivity contribution in [3.63, 3.8) is 0 Å². The first-order chi connectivity index (χ1) is 30.4. The number of imide groups is 1. The minimum atomic E-state index is -0.385. The molecule has 1 atom stereocenters. The highest BCUT2D eigenvalue weighted by Crippen LogP contribution is 2.34. The number of fused-ring (bicyclic) bond motifs is 1. The van der Waals surface area contributed by atoms with Crippen molar-refractivity contribution in [3.8, 4) is 22.5 Å². The summed E-state index contributed by atoms with van der Waals surface area (Å²) in [5.74, 6) is 1.02. The third kappa shape index (κ3) is 9.06. The van der Waals surface area contributed by atoms with E-state index < -0.39 is 0 Å². The fourth-order valence-corrected chi connectivity index (χ4v) is 9.19. The number of anilines is 2. The van der Waals surface area contributed by atoms with Gasteiger partial charge >= 0.3 is 6.03 Å². The predicted octanol–water partition coefficient (Wildman–Crippen LogP) is 7.71. The summed E-state index contributed by atoms with van der Waals surface area (Å²) in [6, 6.07) is 20.1. The molecule has 6 aromatic rings. The van der Waals surface area contributed by atoms with Crippen LogP contribution in [0.3, 0.4) is 0 Å². The number of hydrogen-bond acceptors (Lipinski definition) is 11. The summed E-state index contributed by atoms with van der Waals surface area (Å²) in [6.07, 6.45) is 8.80. The molecule has 3 saturated heterocycles. The number of aryl methyl sites for hydroxylation is 1. The van der Waals surface area contributed by atoms with Crippen LogP contribution in [0.2, 0.25) is 0 Å². The summed E-state index contributed by atoms with van der Waals surface area (Å²) in [4.78, 5) is 57.4. The van der Waals surface area contributed by atoms with Crippen molar-refractivity contribution < 1.29 is 18.9 Å². The summed E-state index contributed by atoms with van der Waals surface area (Å²) >= 11 is 0. The molecule has 9 rings (SSSR count). The number of pyridine rings is 2. The number of hydrogen-bond donors (Lipinski definition) is 3. The molecule has 0 radical (unpaired) electrons. The van der Waals surface area contributed by atoms with Crippen molar-refractivity contribution in [2.24, 2.45) is 5.92 Å². The van der Waals surface area contributed by atoms with E-state index >= 15 is 0 Å². The molecule has 0 bridgehead atoms. The molecule has 7 heterocycles. The van der Waals surface area contributed by atoms with Crippen molar-refractivity contribution in [3.05, 3.63) is 101 Å². The van der Waals surface area contributed by atoms with E-state index in [1.165, 1.54) is 24.1 Å². The van der Waals surface area contributed by atoms with Crippen LogP contribution in [0.5, 0.6) is 0 Å². The molecular formula is C48H55N11O4. The molecule has 15 heteroatoms. The van der Waals surface area contributed by atoms with Crippen LogP contribution in [0, 0.1) is 12.8 Å². The summed E-state index contributed by atoms with van der Waals surface area (Å²) in [6.45, 7) is 15.6. The zero-order valence-corrected chi connectivity index (χ0v) is 36.6. The topological polar surface area (TPSA) is 178 Å². The normalized spacial score (nSPS) is 17.6. The second kappa shape index (κ2) is 17.4. The number of benzene rings is 2. The Hall–Kier alpha value is -6.48. The highest BCUT2D eigenvalue weighted by Gasteiger charge is 2.28. The van der Waals surface area contributed by atoms with Gasteiger partial charge in [-0.25, -0.2) is 9.78 Å². The number of carbonyl (C=O) groups is 3. The van der Waals surface area contributed by atoms with Gasteiger partial charge in [-0.1, -0.05) is 44.1 Å². The lowest BCUT2D eigenvalue weighted by atomic mass is 9.89. The Morgan fingerprint density at radius 2 is 1.65 bits per heavy atom. The van der Waals surface area contributed by atoms with E-state index in [4.69, 9.17) is 14.5 Å². The lowest BCUT2D eigenvalue weighted by Crippen LogP contribution is -2.49. The zero-order valence-electron chi connectivity index (χ0n) is 36.6. The van der Waals surface area contributed by atoms with Gasteiger partial charge in [0.05, 0.1) is 11.7 Å². The fourth-order valence-electron chi connectivity index (χ4n) is 9.19. The average molecular weight is 850 g/mol. The Morgan fingerprint density at radius 3 is 2.33 bits per heavy atom. The van der Waals surface area contributed by atoms with Gasteiger partial charge in [0.2, 0.25) is 11.8 Å². The van der Waals surface area contributed by atoms with Crippen molar-refractivity contribution in [2.45, 2.75) is 84.1 Å². The molecule has 0 saturated carbocycles. The standard InChI is InChI=1S/C48H55N11O4/c1-29-24-33(6-12-38(29)30(2)51-45(61)44-53-46(63-56-44)48(3,4)5)42-39-25-35(27-50-43(39)55-54-42)40-13-7-34(26-49-40)32-16-19-57(20-17-32)28-31-14-21-58(22-15-31)36-8-10-37(11-9-36)59-23-18-41(60)52-47(59)62/h6-13,24-27,30-32H,14-23,28H2,1-5H3,(H,51,61)(H,50,54,55)(H,52,60,62). The van der Waals surface area contributed by atoms with Crippen molar-refractivity contribution in [1.82, 2.24) is 45.8 Å². The molecule has 1 unspecified atom stereocenters. The Morgan fingerprint density at radius 1 is 0.889 bits per heavy atom. The minimum absolute atomic E-state index is 0.0209. The molecule has 2 aromatic carbocycles. The van der Waals surface area contributed by atoms with Gasteiger partial charge in [-0.2, -0.15) is 10.1 Å². The van der Waals surface area contributed by atoms with Gasteiger partial charge in [0, 0.05) is 78.3 Å². The second-order valence-corrected chi connectivity index (χ2v) is 18.4. The Bertz CT molecular complexity index is 2620. The van der Waals surface area contributed by atoms with E-state index in [-0.39, 0.29) is 35.1 Å². The minimum Gasteiger partial charge on any atom is -0.372 e. The van der Waals surface area contributed by atoms with E-state index in [2.05, 4.69) is 77.2 Å². The van der Waals surface area contributed by atoms with Crippen LogP contribution in [0.1, 0.15) is 105 Å². The zero-order chi connectivity index (χ0) is 43.8. The third-order valence-corrected chi connectivity index (χ3v) is 12.9. The summed E-state index contributed by atoms with van der Waals surface area (Å²) in [5.41, 5.74) is 9.19. The smallest absolute Gasteiger partial charge is 0.328 e. The molecule has 3 N–H and O–H groups in total. The third-order valence-electron chi connectivity index (χ3n) is 12.9. The lowest BCUT2D eigenvalue weighted by molar-refractivity contribution is -0.120. The quantitative estimate of drug-likeness (QED) is 0.123. The maximum absolute atomic E-state index is 12.9. The molecule has 0 spiro atoms. The van der Waals surface area contributed by atoms with E-state index in [0.29, 0.717) is 36.3 Å². The molecule has 326 valence electrons. The number of likely N-dealkylation sites (tertiary alicyclic amines) is 1. The van der Waals surface area contributed by atoms with E-state index in [1.54, 1.807) is 4.90 Å². The van der Waals surface area contributed by atoms with Gasteiger partial charge in [0.25, 0.3) is 11.7 Å². The molecule has 0 aliphatic carbocycles. The highest BCUT2D eigenvalue weighted by atomic mass is 16.5. The van der Waals surface area contributed by atoms with Gasteiger partial charge in [-0.15, -0.1) is 0 Å². The maximum atomic E-state index is 12.9. The Kier molecular flexibility index (Phi) is 11.5. The number of nitrogens with one attached hydrogen (secondary N) is 3. The number of nitrogens with zero attached hydrogens (tertiary/aromatic N) is 8. The Labute approximate surface area is 367 Å². The molecular weight excluding hydrogens is 795 g/mol. The number of piperidine rings is 2. The maximum Gasteiger partial charge on any atom is 0.328 e. The number of carbonyl (C=O) groups excluding carboxylic acids is 3. The van der Waals surface area contributed by atoms with Gasteiger partial charge in [0.1, 0.15) is 5.69 Å². The molecule has 15 nitrogen and oxygen atoms in total. The molecule has 3 aliphatic rings. The van der Waals surface area contributed by atoms with E-state index in [1.807, 2.05) is 71.3 Å². The first-order valence-electron chi connectivity index (χ1n) is 22.1. The number of rotatable bonds is 10. The largest absolute Gasteiger partial charge is 0.372 e. The molecule has 3 aliphatic heterocycles. The van der Waals surface area contributed by atoms with Crippen LogP contribution in [0.4, 0.5) is 16.2 Å². The van der Waals surface area contributed by atoms with Gasteiger partial charge in [0.15, 0.2) is 5.65 Å². The van der Waals surface area contributed by atoms with Gasteiger partial charge in [-0.3, -0.25) is 29.9 Å². The summed E-state index contributed by atoms with van der Waals surface area (Å²) in [5, 5.41) is 18.0. The van der Waals surface area contributed by atoms with Crippen LogP contribution >= 0.6 is 0 Å². The summed E-state index contributed by atoms with van der Waals surface area (Å²) < 4.78 is 5.31. The van der Waals surface area contributed by atoms with Crippen LogP contribution in [0.25, 0.3) is 33.5 Å². The van der Waals surface area contributed by atoms with Crippen LogP contribution < -0.4 is 20.4 Å². The Balaban J connectivity index is 0.767. The second-order valence-electron chi connectivity index (χ2n) is 18.4. The predicted molar refractivity (Wildman–Crippen MR) is 241 cm³/mol. The first-order valence-corrected chi connectivity index (χ1v) is 22.1. The number of aromatic amines is 1. The SMILES string of the molecule is Cc1cc(-c2n[nH]c3ncc(-c4ccc(C5CCN(CC6CCN(c7ccc(N8CCC(=O)NC8=O)cc7)CC6)CC5)cn4)cc23)ccc1C(C)NC(=O)c1noc(C(C)(C)C)n1. The monoisotopic (exact) mass is 849 g/mol. The van der Waals surface area contributed by atoms with Crippen LogP contribution in [0.15, 0.2) is 77.6 Å². The number of aromatic nitrogens is 6. The number of amides is 4. The number of H-pyrrole nitrogens is 1. The molecule has 63 heavy (non-hydrogen) atoms. The van der Waals surface area contributed by atoms with Gasteiger partial charge < -0.3 is 19.6 Å². The van der Waals surface area contributed by atoms with Crippen molar-refractivity contribution in [2.75, 3.05) is 49.1 Å². The highest BCUT2D eigenvalue weighted by molar-refractivity contribution is 6.05. The molecule has 3 fully saturated rings. The average Bonchev–Trinajstić information content (AvgIpc) is 3.96. The number of urea groups is 1. The lowest BCUT2D eigenvalue weighted by Gasteiger charge is -2.38. The molecule has 4 aromatic heterocycles. The van der Waals surface area contributed by atoms with Crippen LogP contribution in [-0.2, 0) is 10.2 Å². The van der Waals surface area contributed by atoms with Crippen LogP contribution in [-0.4, -0.2) is 92.3 Å². The van der Waals surface area contributed by atoms with Crippen molar-refractivity contribution >= 4 is 40.3 Å². The van der Waals surface area contributed by atoms with E-state index in [9.17, 15) is 14.4 Å². The van der Waals surface area contributed by atoms with E-state index in [0.717, 1.165) is 90.3 Å². The molecule has 4 amide bonds. The van der Waals surface area contributed by atoms with Crippen molar-refractivity contribution in [1.29, 1.82) is 0 Å².